The summed E-state index contributed by atoms with van der Waals surface area (Å²) in [5, 5.41) is 30.5. The predicted octanol–water partition coefficient (Wildman–Crippen LogP) is -2.01. The highest BCUT2D eigenvalue weighted by atomic mass is 16.4. The molecule has 19 heavy (non-hydrogen) atoms. The van der Waals surface area contributed by atoms with Gasteiger partial charge in [-0.25, -0.2) is 4.79 Å². The molecule has 0 bridgehead atoms. The van der Waals surface area contributed by atoms with Crippen LogP contribution >= 0.6 is 0 Å². The molecule has 1 amide bonds. The molecule has 6 N–H and O–H groups in total. The minimum atomic E-state index is -1.70. The number of aliphatic carboxylic acids is 2. The van der Waals surface area contributed by atoms with Crippen LogP contribution in [0.1, 0.15) is 12.8 Å². The summed E-state index contributed by atoms with van der Waals surface area (Å²) in [5.74, 6) is -5.29. The van der Waals surface area contributed by atoms with Gasteiger partial charge >= 0.3 is 11.9 Å². The molecule has 8 heteroatoms. The van der Waals surface area contributed by atoms with Crippen molar-refractivity contribution < 1.29 is 29.7 Å². The summed E-state index contributed by atoms with van der Waals surface area (Å²) in [6.45, 7) is 0.0700. The number of carbonyl (C=O) groups is 3. The van der Waals surface area contributed by atoms with E-state index in [2.05, 4.69) is 5.32 Å². The molecule has 2 unspecified atom stereocenters. The quantitative estimate of drug-likeness (QED) is 0.388. The molecule has 0 heterocycles. The number of carboxylic acids is 2. The van der Waals surface area contributed by atoms with E-state index in [0.29, 0.717) is 0 Å². The van der Waals surface area contributed by atoms with Crippen molar-refractivity contribution in [1.29, 1.82) is 0 Å². The highest BCUT2D eigenvalue weighted by molar-refractivity contribution is 5.91. The maximum Gasteiger partial charge on any atom is 0.329 e. The number of carbonyl (C=O) groups excluding carboxylic acids is 1. The summed E-state index contributed by atoms with van der Waals surface area (Å²) < 4.78 is 0. The Bertz CT molecular complexity index is 439. The molecule has 0 aliphatic heterocycles. The number of nitrogens with two attached hydrogens (primary N) is 1. The molecule has 0 saturated heterocycles. The Hall–Kier alpha value is -1.67. The molecule has 0 aromatic rings. The first-order valence-corrected chi connectivity index (χ1v) is 6.00. The zero-order valence-electron chi connectivity index (χ0n) is 10.1. The van der Waals surface area contributed by atoms with Crippen LogP contribution in [0.5, 0.6) is 0 Å². The van der Waals surface area contributed by atoms with Gasteiger partial charge in [-0.05, 0) is 0 Å². The van der Waals surface area contributed by atoms with Gasteiger partial charge in [0.2, 0.25) is 5.91 Å². The van der Waals surface area contributed by atoms with Gasteiger partial charge in [-0.1, -0.05) is 0 Å². The van der Waals surface area contributed by atoms with Crippen molar-refractivity contribution in [2.75, 3.05) is 6.54 Å². The van der Waals surface area contributed by atoms with Gasteiger partial charge in [0.1, 0.15) is 5.54 Å². The van der Waals surface area contributed by atoms with Gasteiger partial charge in [0.25, 0.3) is 0 Å². The fraction of sp³-hybridized carbons (Fsp3) is 0.727. The first-order chi connectivity index (χ1) is 8.85. The van der Waals surface area contributed by atoms with Gasteiger partial charge < -0.3 is 26.4 Å². The molecular formula is C11H16N2O6. The van der Waals surface area contributed by atoms with Crippen LogP contribution in [-0.2, 0) is 14.4 Å². The third kappa shape index (κ3) is 1.96. The number of fused-ring (bicyclic) bond motifs is 1. The molecular weight excluding hydrogens is 256 g/mol. The standard InChI is InChI=1S/C11H16N2O6/c12-2-1-5(15)13-11(10(18)19)3-4(14)6-7(8(6)11)9(16)17/h4,6-8,14H,1-3,12H2,(H,13,15)(H,16,17)(H,18,19)/t4?,6?,7-,8-,11-/m0/s1. The number of amides is 1. The monoisotopic (exact) mass is 272 g/mol. The topological polar surface area (TPSA) is 150 Å². The third-order valence-corrected chi connectivity index (χ3v) is 4.02. The summed E-state index contributed by atoms with van der Waals surface area (Å²) in [5.41, 5.74) is 3.52. The van der Waals surface area contributed by atoms with E-state index < -0.39 is 47.2 Å². The van der Waals surface area contributed by atoms with Crippen LogP contribution in [0, 0.1) is 17.8 Å². The van der Waals surface area contributed by atoms with Gasteiger partial charge in [-0.3, -0.25) is 9.59 Å². The van der Waals surface area contributed by atoms with E-state index in [-0.39, 0.29) is 19.4 Å². The summed E-state index contributed by atoms with van der Waals surface area (Å²) in [4.78, 5) is 34.0. The van der Waals surface area contributed by atoms with E-state index in [1.54, 1.807) is 0 Å². The lowest BCUT2D eigenvalue weighted by molar-refractivity contribution is -0.150. The van der Waals surface area contributed by atoms with E-state index in [1.165, 1.54) is 0 Å². The Morgan fingerprint density at radius 3 is 2.37 bits per heavy atom. The number of rotatable bonds is 5. The lowest BCUT2D eigenvalue weighted by Crippen LogP contribution is -2.56. The lowest BCUT2D eigenvalue weighted by Gasteiger charge is -2.29. The van der Waals surface area contributed by atoms with Gasteiger partial charge in [0, 0.05) is 31.2 Å². The normalized spacial score (nSPS) is 39.5. The summed E-state index contributed by atoms with van der Waals surface area (Å²) in [6, 6.07) is 0. The zero-order chi connectivity index (χ0) is 14.4. The first kappa shape index (κ1) is 13.8. The van der Waals surface area contributed by atoms with Crippen LogP contribution in [0.25, 0.3) is 0 Å². The first-order valence-electron chi connectivity index (χ1n) is 6.00. The fourth-order valence-corrected chi connectivity index (χ4v) is 3.23. The Morgan fingerprint density at radius 1 is 1.32 bits per heavy atom. The Labute approximate surface area is 108 Å². The van der Waals surface area contributed by atoms with E-state index in [9.17, 15) is 24.6 Å². The molecule has 0 spiro atoms. The van der Waals surface area contributed by atoms with Crippen molar-refractivity contribution in [2.24, 2.45) is 23.5 Å². The molecule has 0 radical (unpaired) electrons. The van der Waals surface area contributed by atoms with Gasteiger partial charge in [-0.15, -0.1) is 0 Å². The lowest BCUT2D eigenvalue weighted by atomic mass is 9.89. The molecule has 0 aromatic carbocycles. The average molecular weight is 272 g/mol. The van der Waals surface area contributed by atoms with Crippen LogP contribution in [0.4, 0.5) is 0 Å². The van der Waals surface area contributed by atoms with E-state index in [4.69, 9.17) is 10.8 Å². The maximum absolute atomic E-state index is 11.6. The van der Waals surface area contributed by atoms with Gasteiger partial charge in [0.15, 0.2) is 0 Å². The molecule has 2 saturated carbocycles. The molecule has 8 nitrogen and oxygen atoms in total. The number of hydrogen-bond donors (Lipinski definition) is 5. The smallest absolute Gasteiger partial charge is 0.329 e. The molecule has 2 aliphatic rings. The maximum atomic E-state index is 11.6. The SMILES string of the molecule is NCCC(=O)N[C@@]1(C(=O)O)CC(O)C2[C@H](C(=O)O)[C@H]21. The number of hydrogen-bond acceptors (Lipinski definition) is 5. The minimum Gasteiger partial charge on any atom is -0.481 e. The Balaban J connectivity index is 2.24. The van der Waals surface area contributed by atoms with Crippen LogP contribution < -0.4 is 11.1 Å². The van der Waals surface area contributed by atoms with Crippen molar-refractivity contribution in [3.8, 4) is 0 Å². The number of nitrogens with one attached hydrogen (secondary N) is 1. The molecule has 5 atom stereocenters. The van der Waals surface area contributed by atoms with E-state index in [0.717, 1.165) is 0 Å². The van der Waals surface area contributed by atoms with Crippen LogP contribution in [0.15, 0.2) is 0 Å². The molecule has 2 aliphatic carbocycles. The minimum absolute atomic E-state index is 0.0414. The fourth-order valence-electron chi connectivity index (χ4n) is 3.23. The van der Waals surface area contributed by atoms with Crippen molar-refractivity contribution in [3.05, 3.63) is 0 Å². The van der Waals surface area contributed by atoms with Crippen molar-refractivity contribution in [1.82, 2.24) is 5.32 Å². The summed E-state index contributed by atoms with van der Waals surface area (Å²) >= 11 is 0. The number of carboxylic acid groups (broad SMARTS) is 2. The highest BCUT2D eigenvalue weighted by Gasteiger charge is 2.75. The number of aliphatic hydroxyl groups is 1. The summed E-state index contributed by atoms with van der Waals surface area (Å²) in [7, 11) is 0. The van der Waals surface area contributed by atoms with Crippen LogP contribution in [0.3, 0.4) is 0 Å². The zero-order valence-corrected chi connectivity index (χ0v) is 10.1. The van der Waals surface area contributed by atoms with Gasteiger partial charge in [0.05, 0.1) is 12.0 Å². The average Bonchev–Trinajstić information content (AvgIpc) is 2.97. The van der Waals surface area contributed by atoms with Crippen LogP contribution in [-0.4, -0.2) is 51.4 Å². The van der Waals surface area contributed by atoms with E-state index >= 15 is 0 Å². The van der Waals surface area contributed by atoms with Crippen molar-refractivity contribution in [2.45, 2.75) is 24.5 Å². The second-order valence-electron chi connectivity index (χ2n) is 5.10. The van der Waals surface area contributed by atoms with E-state index in [1.807, 2.05) is 0 Å². The summed E-state index contributed by atoms with van der Waals surface area (Å²) in [6.07, 6.45) is -1.24. The van der Waals surface area contributed by atoms with Crippen molar-refractivity contribution >= 4 is 17.8 Å². The largest absolute Gasteiger partial charge is 0.481 e. The van der Waals surface area contributed by atoms with Crippen molar-refractivity contribution in [3.63, 3.8) is 0 Å². The molecule has 2 fully saturated rings. The molecule has 106 valence electrons. The second kappa shape index (κ2) is 4.46. The molecule has 2 rings (SSSR count). The molecule has 0 aromatic heterocycles. The predicted molar refractivity (Wildman–Crippen MR) is 60.9 cm³/mol. The van der Waals surface area contributed by atoms with Crippen LogP contribution in [0.2, 0.25) is 0 Å². The number of aliphatic hydroxyl groups excluding tert-OH is 1. The second-order valence-corrected chi connectivity index (χ2v) is 5.10. The van der Waals surface area contributed by atoms with Gasteiger partial charge in [-0.2, -0.15) is 0 Å². The highest BCUT2D eigenvalue weighted by Crippen LogP contribution is 2.62. The third-order valence-electron chi connectivity index (χ3n) is 4.02. The Kier molecular flexibility index (Phi) is 3.23. The Morgan fingerprint density at radius 2 is 1.95 bits per heavy atom.